The van der Waals surface area contributed by atoms with Crippen molar-refractivity contribution in [1.82, 2.24) is 9.62 Å². The molecule has 0 saturated carbocycles. The van der Waals surface area contributed by atoms with Crippen LogP contribution in [0, 0.1) is 11.3 Å². The average Bonchev–Trinajstić information content (AvgIpc) is 2.72. The molecule has 3 rings (SSSR count). The molecule has 34 heavy (non-hydrogen) atoms. The molecule has 0 spiro atoms. The van der Waals surface area contributed by atoms with Gasteiger partial charge in [-0.25, -0.2) is 8.93 Å². The van der Waals surface area contributed by atoms with Gasteiger partial charge in [0.2, 0.25) is 5.91 Å². The number of nitrogens with one attached hydrogen (secondary N) is 1. The van der Waals surface area contributed by atoms with E-state index in [1.54, 1.807) is 0 Å². The standard InChI is InChI=1S/C24H34Cl2N2O2S.CH4.2H2O/c1-16(2)22(27-31(30)20-11-9-19(26)10-12-20)23(29)28-14-13-21(24(3,4)15-28)17-5-7-18(25)8-6-17;;;/h5-9,16,20-22,27H,10-15H2,1-4H3;1H4;2*1H2/t20?,21-,22-,31?;;;/m1.../s1. The van der Waals surface area contributed by atoms with Crippen molar-refractivity contribution < 1.29 is 20.0 Å². The number of amides is 1. The van der Waals surface area contributed by atoms with E-state index >= 15 is 0 Å². The first-order valence-electron chi connectivity index (χ1n) is 11.1. The van der Waals surface area contributed by atoms with E-state index in [2.05, 4.69) is 30.7 Å². The minimum absolute atomic E-state index is 0. The highest BCUT2D eigenvalue weighted by Crippen LogP contribution is 2.42. The van der Waals surface area contributed by atoms with Gasteiger partial charge in [0.1, 0.15) is 6.04 Å². The molecule has 1 amide bonds. The van der Waals surface area contributed by atoms with Gasteiger partial charge in [0.05, 0.1) is 16.2 Å². The van der Waals surface area contributed by atoms with Gasteiger partial charge in [-0.15, -0.1) is 0 Å². The first-order valence-corrected chi connectivity index (χ1v) is 13.1. The Kier molecular flexibility index (Phi) is 13.6. The normalized spacial score (nSPS) is 23.5. The number of halogens is 2. The maximum absolute atomic E-state index is 13.5. The van der Waals surface area contributed by atoms with Gasteiger partial charge in [-0.05, 0) is 60.6 Å². The van der Waals surface area contributed by atoms with Crippen molar-refractivity contribution in [1.29, 1.82) is 0 Å². The molecule has 2 unspecified atom stereocenters. The molecule has 1 fully saturated rings. The molecule has 4 atom stereocenters. The molecule has 1 saturated heterocycles. The number of allylic oxidation sites excluding steroid dienone is 2. The Morgan fingerprint density at radius 1 is 1.15 bits per heavy atom. The highest BCUT2D eigenvalue weighted by molar-refractivity contribution is 7.83. The fraction of sp³-hybridized carbons (Fsp3) is 0.640. The molecule has 0 aromatic heterocycles. The molecule has 1 aliphatic carbocycles. The van der Waals surface area contributed by atoms with Crippen molar-refractivity contribution in [2.75, 3.05) is 13.1 Å². The van der Waals surface area contributed by atoms with E-state index in [9.17, 15) is 9.00 Å². The maximum atomic E-state index is 13.5. The van der Waals surface area contributed by atoms with Crippen molar-refractivity contribution >= 4 is 40.1 Å². The fourth-order valence-electron chi connectivity index (χ4n) is 4.72. The molecule has 1 heterocycles. The second-order valence-electron chi connectivity index (χ2n) is 9.83. The Balaban J connectivity index is 0.00000363. The summed E-state index contributed by atoms with van der Waals surface area (Å²) >= 11 is 12.1. The number of piperidine rings is 1. The van der Waals surface area contributed by atoms with E-state index in [0.717, 1.165) is 29.3 Å². The first kappa shape index (κ1) is 33.0. The van der Waals surface area contributed by atoms with Crippen LogP contribution in [0.3, 0.4) is 0 Å². The van der Waals surface area contributed by atoms with E-state index in [0.29, 0.717) is 25.4 Å². The Morgan fingerprint density at radius 2 is 1.76 bits per heavy atom. The zero-order valence-electron chi connectivity index (χ0n) is 19.9. The predicted octanol–water partition coefficient (Wildman–Crippen LogP) is 4.62. The van der Waals surface area contributed by atoms with E-state index in [4.69, 9.17) is 23.2 Å². The Bertz CT molecular complexity index is 846. The molecular weight excluding hydrogens is 495 g/mol. The summed E-state index contributed by atoms with van der Waals surface area (Å²) in [6, 6.07) is 7.61. The Hall–Kier alpha value is -0.960. The van der Waals surface area contributed by atoms with Crippen molar-refractivity contribution in [3.05, 3.63) is 46.0 Å². The SMILES string of the molecule is C.CC(C)[C@@H](NS(=O)C1CC=C(Cl)CC1)C(=O)N1CC[C@H](c2ccc(Cl)cc2)C(C)(C)C1.O.O. The van der Waals surface area contributed by atoms with Crippen LogP contribution in [0.5, 0.6) is 0 Å². The summed E-state index contributed by atoms with van der Waals surface area (Å²) in [6.45, 7) is 9.85. The van der Waals surface area contributed by atoms with Crippen LogP contribution in [0.25, 0.3) is 0 Å². The summed E-state index contributed by atoms with van der Waals surface area (Å²) in [6.07, 6.45) is 5.09. The van der Waals surface area contributed by atoms with Crippen LogP contribution in [0.4, 0.5) is 0 Å². The summed E-state index contributed by atoms with van der Waals surface area (Å²) in [7, 11) is -1.27. The summed E-state index contributed by atoms with van der Waals surface area (Å²) in [5.41, 5.74) is 1.21. The lowest BCUT2D eigenvalue weighted by Crippen LogP contribution is -2.55. The summed E-state index contributed by atoms with van der Waals surface area (Å²) in [5.74, 6) is 0.471. The third-order valence-electron chi connectivity index (χ3n) is 6.60. The lowest BCUT2D eigenvalue weighted by molar-refractivity contribution is -0.137. The molecule has 2 aliphatic rings. The molecule has 196 valence electrons. The van der Waals surface area contributed by atoms with E-state index in [-0.39, 0.29) is 40.9 Å². The second kappa shape index (κ2) is 14.0. The van der Waals surface area contributed by atoms with Crippen molar-refractivity contribution in [2.45, 2.75) is 78.0 Å². The van der Waals surface area contributed by atoms with Gasteiger partial charge in [0.25, 0.3) is 0 Å². The van der Waals surface area contributed by atoms with Gasteiger partial charge >= 0.3 is 0 Å². The quantitative estimate of drug-likeness (QED) is 0.571. The number of carbonyl (C=O) groups is 1. The Morgan fingerprint density at radius 3 is 2.26 bits per heavy atom. The molecule has 5 N–H and O–H groups in total. The highest BCUT2D eigenvalue weighted by Gasteiger charge is 2.40. The van der Waals surface area contributed by atoms with Crippen LogP contribution in [-0.4, -0.2) is 50.3 Å². The van der Waals surface area contributed by atoms with Crippen LogP contribution < -0.4 is 4.72 Å². The molecule has 1 aliphatic heterocycles. The lowest BCUT2D eigenvalue weighted by atomic mass is 9.70. The van der Waals surface area contributed by atoms with Crippen LogP contribution in [-0.2, 0) is 15.8 Å². The molecule has 1 aromatic rings. The molecule has 0 bridgehead atoms. The highest BCUT2D eigenvalue weighted by atomic mass is 35.5. The topological polar surface area (TPSA) is 112 Å². The Labute approximate surface area is 217 Å². The minimum atomic E-state index is -1.27. The summed E-state index contributed by atoms with van der Waals surface area (Å²) < 4.78 is 16.1. The first-order chi connectivity index (χ1) is 14.6. The van der Waals surface area contributed by atoms with Gasteiger partial charge in [-0.2, -0.15) is 0 Å². The number of hydrogen-bond acceptors (Lipinski definition) is 2. The number of carbonyl (C=O) groups excluding carboxylic acids is 1. The zero-order chi connectivity index (χ0) is 22.8. The molecule has 6 nitrogen and oxygen atoms in total. The van der Waals surface area contributed by atoms with Gasteiger partial charge in [0, 0.05) is 23.1 Å². The molecular formula is C25H42Cl2N2O4S. The number of likely N-dealkylation sites (tertiary alicyclic amines) is 1. The maximum Gasteiger partial charge on any atom is 0.240 e. The minimum Gasteiger partial charge on any atom is -0.412 e. The molecule has 1 aromatic carbocycles. The van der Waals surface area contributed by atoms with Crippen LogP contribution in [0.1, 0.15) is 72.3 Å². The molecule has 0 radical (unpaired) electrons. The number of nitrogens with zero attached hydrogens (tertiary/aromatic N) is 1. The number of benzene rings is 1. The van der Waals surface area contributed by atoms with Crippen LogP contribution in [0.2, 0.25) is 5.02 Å². The largest absolute Gasteiger partial charge is 0.412 e. The van der Waals surface area contributed by atoms with Gasteiger partial charge in [0.15, 0.2) is 0 Å². The van der Waals surface area contributed by atoms with E-state index < -0.39 is 17.0 Å². The van der Waals surface area contributed by atoms with Gasteiger partial charge in [-0.3, -0.25) is 4.79 Å². The summed E-state index contributed by atoms with van der Waals surface area (Å²) in [4.78, 5) is 15.4. The van der Waals surface area contributed by atoms with E-state index in [1.165, 1.54) is 5.56 Å². The van der Waals surface area contributed by atoms with Crippen LogP contribution in [0.15, 0.2) is 35.4 Å². The van der Waals surface area contributed by atoms with E-state index in [1.807, 2.05) is 37.0 Å². The van der Waals surface area contributed by atoms with Gasteiger partial charge < -0.3 is 15.9 Å². The van der Waals surface area contributed by atoms with Crippen LogP contribution >= 0.6 is 23.2 Å². The smallest absolute Gasteiger partial charge is 0.240 e. The predicted molar refractivity (Wildman–Crippen MR) is 145 cm³/mol. The van der Waals surface area contributed by atoms with Crippen molar-refractivity contribution in [3.63, 3.8) is 0 Å². The zero-order valence-corrected chi connectivity index (χ0v) is 22.2. The lowest BCUT2D eigenvalue weighted by Gasteiger charge is -2.45. The third kappa shape index (κ3) is 8.04. The van der Waals surface area contributed by atoms with Gasteiger partial charge in [-0.1, -0.05) is 76.5 Å². The monoisotopic (exact) mass is 536 g/mol. The third-order valence-corrected chi connectivity index (χ3v) is 8.71. The fourth-order valence-corrected chi connectivity index (χ4v) is 6.46. The summed E-state index contributed by atoms with van der Waals surface area (Å²) in [5, 5.41) is 1.59. The average molecular weight is 538 g/mol. The number of rotatable bonds is 6. The number of hydrogen-bond donors (Lipinski definition) is 1. The van der Waals surface area contributed by atoms with Crippen molar-refractivity contribution in [3.8, 4) is 0 Å². The van der Waals surface area contributed by atoms with Crippen molar-refractivity contribution in [2.24, 2.45) is 11.3 Å². The molecule has 9 heteroatoms. The second-order valence-corrected chi connectivity index (χ2v) is 12.2.